The van der Waals surface area contributed by atoms with Gasteiger partial charge in [-0.3, -0.25) is 4.68 Å². The summed E-state index contributed by atoms with van der Waals surface area (Å²) in [6.07, 6.45) is 4.88. The van der Waals surface area contributed by atoms with Crippen LogP contribution in [-0.2, 0) is 20.0 Å². The Morgan fingerprint density at radius 1 is 1.26 bits per heavy atom. The number of hydrogen-bond donors (Lipinski definition) is 2. The maximum Gasteiger partial charge on any atom is 0.191 e. The first-order valence-electron chi connectivity index (χ1n) is 8.14. The zero-order chi connectivity index (χ0) is 16.7. The fourth-order valence-corrected chi connectivity index (χ4v) is 2.46. The molecule has 1 aromatic carbocycles. The third kappa shape index (κ3) is 5.43. The molecule has 23 heavy (non-hydrogen) atoms. The summed E-state index contributed by atoms with van der Waals surface area (Å²) in [6, 6.07) is 6.50. The summed E-state index contributed by atoms with van der Waals surface area (Å²) in [5.74, 6) is 0.858. The fourth-order valence-electron chi connectivity index (χ4n) is 2.46. The Hall–Kier alpha value is -2.30. The minimum atomic E-state index is 0.689. The summed E-state index contributed by atoms with van der Waals surface area (Å²) in [6.45, 7) is 8.71. The number of aliphatic imine (C=N–C) groups is 1. The number of guanidine groups is 1. The van der Waals surface area contributed by atoms with E-state index in [9.17, 15) is 0 Å². The van der Waals surface area contributed by atoms with Crippen molar-refractivity contribution in [1.82, 2.24) is 20.4 Å². The molecule has 0 bridgehead atoms. The highest BCUT2D eigenvalue weighted by Gasteiger charge is 2.01. The first kappa shape index (κ1) is 17.1. The number of hydrogen-bond acceptors (Lipinski definition) is 2. The summed E-state index contributed by atoms with van der Waals surface area (Å²) in [5.41, 5.74) is 5.07. The molecule has 5 heteroatoms. The van der Waals surface area contributed by atoms with Gasteiger partial charge < -0.3 is 10.6 Å². The van der Waals surface area contributed by atoms with Crippen LogP contribution in [0.2, 0.25) is 0 Å². The van der Waals surface area contributed by atoms with E-state index < -0.39 is 0 Å². The van der Waals surface area contributed by atoms with Crippen molar-refractivity contribution in [3.05, 3.63) is 52.8 Å². The van der Waals surface area contributed by atoms with Crippen molar-refractivity contribution in [3.8, 4) is 0 Å². The van der Waals surface area contributed by atoms with Crippen LogP contribution >= 0.6 is 0 Å². The standard InChI is InChI=1S/C18H27N5/c1-5-19-18(20-9-8-16-11-22-23(4)13-16)21-12-17-7-6-14(2)10-15(17)3/h6-7,10-11,13H,5,8-9,12H2,1-4H3,(H2,19,20,21). The molecule has 0 aliphatic heterocycles. The molecule has 2 aromatic rings. The second-order valence-corrected chi connectivity index (χ2v) is 5.82. The topological polar surface area (TPSA) is 54.2 Å². The predicted octanol–water partition coefficient (Wildman–Crippen LogP) is 2.33. The molecule has 2 N–H and O–H groups in total. The van der Waals surface area contributed by atoms with Gasteiger partial charge in [0.05, 0.1) is 12.7 Å². The number of nitrogens with zero attached hydrogens (tertiary/aromatic N) is 3. The van der Waals surface area contributed by atoms with Crippen molar-refractivity contribution in [1.29, 1.82) is 0 Å². The molecular weight excluding hydrogens is 286 g/mol. The Labute approximate surface area is 138 Å². The molecule has 0 radical (unpaired) electrons. The number of aromatic nitrogens is 2. The van der Waals surface area contributed by atoms with Crippen LogP contribution in [0.3, 0.4) is 0 Å². The van der Waals surface area contributed by atoms with Crippen molar-refractivity contribution >= 4 is 5.96 Å². The minimum absolute atomic E-state index is 0.689. The number of aryl methyl sites for hydroxylation is 3. The van der Waals surface area contributed by atoms with E-state index in [0.29, 0.717) is 6.54 Å². The van der Waals surface area contributed by atoms with E-state index in [1.165, 1.54) is 22.3 Å². The molecule has 0 spiro atoms. The van der Waals surface area contributed by atoms with E-state index in [1.54, 1.807) is 0 Å². The van der Waals surface area contributed by atoms with E-state index in [0.717, 1.165) is 25.5 Å². The van der Waals surface area contributed by atoms with Crippen LogP contribution in [0.15, 0.2) is 35.6 Å². The first-order valence-corrected chi connectivity index (χ1v) is 8.14. The predicted molar refractivity (Wildman–Crippen MR) is 95.6 cm³/mol. The summed E-state index contributed by atoms with van der Waals surface area (Å²) in [5, 5.41) is 10.9. The van der Waals surface area contributed by atoms with E-state index in [-0.39, 0.29) is 0 Å². The minimum Gasteiger partial charge on any atom is -0.357 e. The summed E-state index contributed by atoms with van der Waals surface area (Å²) < 4.78 is 1.83. The smallest absolute Gasteiger partial charge is 0.191 e. The maximum atomic E-state index is 4.68. The molecule has 0 fully saturated rings. The lowest BCUT2D eigenvalue weighted by Crippen LogP contribution is -2.38. The van der Waals surface area contributed by atoms with E-state index >= 15 is 0 Å². The summed E-state index contributed by atoms with van der Waals surface area (Å²) in [7, 11) is 1.94. The lowest BCUT2D eigenvalue weighted by molar-refractivity contribution is 0.765. The molecule has 5 nitrogen and oxygen atoms in total. The Bertz CT molecular complexity index is 657. The Morgan fingerprint density at radius 2 is 2.09 bits per heavy atom. The third-order valence-electron chi connectivity index (χ3n) is 3.71. The van der Waals surface area contributed by atoms with Crippen molar-refractivity contribution in [2.45, 2.75) is 33.7 Å². The Morgan fingerprint density at radius 3 is 2.74 bits per heavy atom. The quantitative estimate of drug-likeness (QED) is 0.636. The average molecular weight is 313 g/mol. The Kier molecular flexibility index (Phi) is 6.20. The van der Waals surface area contributed by atoms with E-state index in [1.807, 2.05) is 24.1 Å². The van der Waals surface area contributed by atoms with Crippen molar-refractivity contribution in [2.24, 2.45) is 12.0 Å². The molecule has 0 saturated carbocycles. The largest absolute Gasteiger partial charge is 0.357 e. The van der Waals surface area contributed by atoms with Gasteiger partial charge in [0.2, 0.25) is 0 Å². The maximum absolute atomic E-state index is 4.68. The van der Waals surface area contributed by atoms with Gasteiger partial charge in [-0.1, -0.05) is 23.8 Å². The van der Waals surface area contributed by atoms with Gasteiger partial charge in [0.15, 0.2) is 5.96 Å². The SMILES string of the molecule is CCNC(=NCc1ccc(C)cc1C)NCCc1cnn(C)c1. The van der Waals surface area contributed by atoms with Crippen LogP contribution in [-0.4, -0.2) is 28.8 Å². The molecule has 0 aliphatic rings. The number of nitrogens with one attached hydrogen (secondary N) is 2. The van der Waals surface area contributed by atoms with Crippen LogP contribution in [0.1, 0.15) is 29.2 Å². The molecule has 1 heterocycles. The lowest BCUT2D eigenvalue weighted by Gasteiger charge is -2.11. The van der Waals surface area contributed by atoms with Crippen LogP contribution in [0, 0.1) is 13.8 Å². The molecule has 1 aromatic heterocycles. The van der Waals surface area contributed by atoms with E-state index in [4.69, 9.17) is 0 Å². The summed E-state index contributed by atoms with van der Waals surface area (Å²) >= 11 is 0. The molecule has 124 valence electrons. The third-order valence-corrected chi connectivity index (χ3v) is 3.71. The highest BCUT2D eigenvalue weighted by molar-refractivity contribution is 5.79. The van der Waals surface area contributed by atoms with Crippen LogP contribution < -0.4 is 10.6 Å². The van der Waals surface area contributed by atoms with Crippen molar-refractivity contribution < 1.29 is 0 Å². The monoisotopic (exact) mass is 313 g/mol. The van der Waals surface area contributed by atoms with Crippen molar-refractivity contribution in [2.75, 3.05) is 13.1 Å². The van der Waals surface area contributed by atoms with Gasteiger partial charge in [-0.15, -0.1) is 0 Å². The molecule has 0 aliphatic carbocycles. The first-order chi connectivity index (χ1) is 11.1. The van der Waals surface area contributed by atoms with Gasteiger partial charge in [0.25, 0.3) is 0 Å². The van der Waals surface area contributed by atoms with Gasteiger partial charge >= 0.3 is 0 Å². The van der Waals surface area contributed by atoms with Gasteiger partial charge in [-0.05, 0) is 43.9 Å². The van der Waals surface area contributed by atoms with Crippen LogP contribution in [0.4, 0.5) is 0 Å². The molecule has 0 unspecified atom stereocenters. The lowest BCUT2D eigenvalue weighted by atomic mass is 10.1. The van der Waals surface area contributed by atoms with Gasteiger partial charge in [-0.25, -0.2) is 4.99 Å². The van der Waals surface area contributed by atoms with Crippen LogP contribution in [0.5, 0.6) is 0 Å². The average Bonchev–Trinajstić information content (AvgIpc) is 2.91. The van der Waals surface area contributed by atoms with E-state index in [2.05, 4.69) is 59.7 Å². The fraction of sp³-hybridized carbons (Fsp3) is 0.444. The highest BCUT2D eigenvalue weighted by Crippen LogP contribution is 2.11. The molecular formula is C18H27N5. The van der Waals surface area contributed by atoms with Gasteiger partial charge in [0.1, 0.15) is 0 Å². The van der Waals surface area contributed by atoms with Crippen LogP contribution in [0.25, 0.3) is 0 Å². The second-order valence-electron chi connectivity index (χ2n) is 5.82. The number of rotatable bonds is 6. The molecule has 0 atom stereocenters. The second kappa shape index (κ2) is 8.36. The molecule has 2 rings (SSSR count). The summed E-state index contributed by atoms with van der Waals surface area (Å²) in [4.78, 5) is 4.68. The highest BCUT2D eigenvalue weighted by atomic mass is 15.2. The van der Waals surface area contributed by atoms with Gasteiger partial charge in [-0.2, -0.15) is 5.10 Å². The van der Waals surface area contributed by atoms with Crippen molar-refractivity contribution in [3.63, 3.8) is 0 Å². The molecule has 0 saturated heterocycles. The zero-order valence-electron chi connectivity index (χ0n) is 14.6. The normalized spacial score (nSPS) is 11.6. The zero-order valence-corrected chi connectivity index (χ0v) is 14.6. The number of benzene rings is 1. The Balaban J connectivity index is 1.91. The van der Waals surface area contributed by atoms with Gasteiger partial charge in [0, 0.05) is 26.3 Å². The molecule has 0 amide bonds.